The van der Waals surface area contributed by atoms with Crippen molar-refractivity contribution in [3.63, 3.8) is 0 Å². The highest BCUT2D eigenvalue weighted by molar-refractivity contribution is 7.12. The first-order valence-corrected chi connectivity index (χ1v) is 6.99. The van der Waals surface area contributed by atoms with E-state index in [2.05, 4.69) is 16.4 Å². The van der Waals surface area contributed by atoms with Crippen molar-refractivity contribution < 1.29 is 4.92 Å². The lowest BCUT2D eigenvalue weighted by atomic mass is 10.2. The minimum Gasteiger partial charge on any atom is -0.373 e. The molecule has 1 aliphatic rings. The Morgan fingerprint density at radius 2 is 2.37 bits per heavy atom. The van der Waals surface area contributed by atoms with Gasteiger partial charge in [-0.15, -0.1) is 11.3 Å². The molecule has 0 atom stereocenters. The SMILES string of the molecule is O=[N+]([O-])c1ncccc1NCc1cc2c(s1)CCC2. The van der Waals surface area contributed by atoms with Crippen molar-refractivity contribution in [3.05, 3.63) is 49.8 Å². The van der Waals surface area contributed by atoms with Crippen LogP contribution in [0.1, 0.15) is 21.7 Å². The summed E-state index contributed by atoms with van der Waals surface area (Å²) in [7, 11) is 0. The highest BCUT2D eigenvalue weighted by atomic mass is 32.1. The summed E-state index contributed by atoms with van der Waals surface area (Å²) in [6.45, 7) is 0.615. The van der Waals surface area contributed by atoms with Crippen LogP contribution in [0.4, 0.5) is 11.5 Å². The fraction of sp³-hybridized carbons (Fsp3) is 0.308. The molecule has 1 N–H and O–H groups in total. The first-order valence-electron chi connectivity index (χ1n) is 6.18. The van der Waals surface area contributed by atoms with Crippen molar-refractivity contribution in [2.24, 2.45) is 0 Å². The zero-order valence-corrected chi connectivity index (χ0v) is 11.1. The maximum Gasteiger partial charge on any atom is 0.386 e. The molecular formula is C13H13N3O2S. The van der Waals surface area contributed by atoms with Crippen molar-refractivity contribution in [2.45, 2.75) is 25.8 Å². The third kappa shape index (κ3) is 2.44. The minimum absolute atomic E-state index is 0.119. The Morgan fingerprint density at radius 1 is 1.47 bits per heavy atom. The summed E-state index contributed by atoms with van der Waals surface area (Å²) in [5.74, 6) is -0.119. The molecule has 0 saturated carbocycles. The topological polar surface area (TPSA) is 68.1 Å². The Balaban J connectivity index is 1.73. The number of nitro groups is 1. The number of pyridine rings is 1. The van der Waals surface area contributed by atoms with E-state index in [1.54, 1.807) is 23.5 Å². The van der Waals surface area contributed by atoms with Crippen LogP contribution >= 0.6 is 11.3 Å². The predicted molar refractivity (Wildman–Crippen MR) is 74.6 cm³/mol. The number of fused-ring (bicyclic) bond motifs is 1. The summed E-state index contributed by atoms with van der Waals surface area (Å²) in [6, 6.07) is 5.60. The van der Waals surface area contributed by atoms with Gasteiger partial charge in [-0.3, -0.25) is 0 Å². The van der Waals surface area contributed by atoms with Crippen LogP contribution in [0.25, 0.3) is 0 Å². The van der Waals surface area contributed by atoms with E-state index in [0.29, 0.717) is 12.2 Å². The number of hydrogen-bond acceptors (Lipinski definition) is 5. The first-order chi connectivity index (χ1) is 9.24. The monoisotopic (exact) mass is 275 g/mol. The normalized spacial score (nSPS) is 13.3. The number of hydrogen-bond donors (Lipinski definition) is 1. The fourth-order valence-electron chi connectivity index (χ4n) is 2.34. The van der Waals surface area contributed by atoms with E-state index in [1.165, 1.54) is 40.8 Å². The zero-order chi connectivity index (χ0) is 13.2. The maximum absolute atomic E-state index is 10.9. The van der Waals surface area contributed by atoms with Gasteiger partial charge < -0.3 is 15.4 Å². The van der Waals surface area contributed by atoms with Gasteiger partial charge in [0.25, 0.3) is 0 Å². The lowest BCUT2D eigenvalue weighted by Gasteiger charge is -2.04. The van der Waals surface area contributed by atoms with E-state index >= 15 is 0 Å². The van der Waals surface area contributed by atoms with Crippen LogP contribution in [0, 0.1) is 10.1 Å². The maximum atomic E-state index is 10.9. The number of aryl methyl sites for hydroxylation is 2. The Hall–Kier alpha value is -1.95. The zero-order valence-electron chi connectivity index (χ0n) is 10.3. The molecule has 6 heteroatoms. The molecule has 19 heavy (non-hydrogen) atoms. The van der Waals surface area contributed by atoms with Gasteiger partial charge in [-0.05, 0) is 52.9 Å². The van der Waals surface area contributed by atoms with E-state index in [-0.39, 0.29) is 5.82 Å². The number of nitrogens with zero attached hydrogens (tertiary/aromatic N) is 2. The summed E-state index contributed by atoms with van der Waals surface area (Å²) in [6.07, 6.45) is 5.03. The molecule has 1 aliphatic carbocycles. The van der Waals surface area contributed by atoms with Gasteiger partial charge >= 0.3 is 5.82 Å². The van der Waals surface area contributed by atoms with Crippen molar-refractivity contribution in [1.82, 2.24) is 4.98 Å². The molecule has 98 valence electrons. The van der Waals surface area contributed by atoms with E-state index in [4.69, 9.17) is 0 Å². The van der Waals surface area contributed by atoms with Gasteiger partial charge in [0.1, 0.15) is 11.9 Å². The van der Waals surface area contributed by atoms with Gasteiger partial charge in [-0.25, -0.2) is 0 Å². The molecule has 0 radical (unpaired) electrons. The second-order valence-corrected chi connectivity index (χ2v) is 5.72. The lowest BCUT2D eigenvalue weighted by Crippen LogP contribution is -2.02. The Bertz CT molecular complexity index is 603. The number of anilines is 1. The quantitative estimate of drug-likeness (QED) is 0.687. The molecule has 3 rings (SSSR count). The predicted octanol–water partition coefficient (Wildman–Crippen LogP) is 3.15. The summed E-state index contributed by atoms with van der Waals surface area (Å²) < 4.78 is 0. The third-order valence-electron chi connectivity index (χ3n) is 3.21. The van der Waals surface area contributed by atoms with Crippen molar-refractivity contribution >= 4 is 22.8 Å². The second kappa shape index (κ2) is 4.97. The minimum atomic E-state index is -0.462. The molecule has 0 bridgehead atoms. The molecular weight excluding hydrogens is 262 g/mol. The Kier molecular flexibility index (Phi) is 3.16. The van der Waals surface area contributed by atoms with Gasteiger partial charge in [0.05, 0.1) is 0 Å². The van der Waals surface area contributed by atoms with E-state index in [0.717, 1.165) is 0 Å². The van der Waals surface area contributed by atoms with Crippen LogP contribution in [-0.2, 0) is 19.4 Å². The average Bonchev–Trinajstić information content (AvgIpc) is 2.97. The largest absolute Gasteiger partial charge is 0.386 e. The number of rotatable bonds is 4. The Morgan fingerprint density at radius 3 is 3.16 bits per heavy atom. The summed E-state index contributed by atoms with van der Waals surface area (Å²) >= 11 is 1.80. The van der Waals surface area contributed by atoms with Crippen molar-refractivity contribution in [3.8, 4) is 0 Å². The lowest BCUT2D eigenvalue weighted by molar-refractivity contribution is -0.388. The average molecular weight is 275 g/mol. The van der Waals surface area contributed by atoms with E-state index < -0.39 is 4.92 Å². The highest BCUT2D eigenvalue weighted by Gasteiger charge is 2.16. The molecule has 0 unspecified atom stereocenters. The molecule has 2 aromatic rings. The van der Waals surface area contributed by atoms with Crippen LogP contribution in [0.5, 0.6) is 0 Å². The molecule has 0 fully saturated rings. The molecule has 2 aromatic heterocycles. The van der Waals surface area contributed by atoms with Crippen LogP contribution in [0.2, 0.25) is 0 Å². The molecule has 0 aliphatic heterocycles. The standard InChI is InChI=1S/C13H13N3O2S/c17-16(18)13-11(4-2-6-14-13)15-8-10-7-9-3-1-5-12(9)19-10/h2,4,6-7,15H,1,3,5,8H2. The van der Waals surface area contributed by atoms with Crippen LogP contribution in [0.3, 0.4) is 0 Å². The van der Waals surface area contributed by atoms with Gasteiger partial charge in [-0.2, -0.15) is 0 Å². The van der Waals surface area contributed by atoms with Crippen LogP contribution in [0.15, 0.2) is 24.4 Å². The van der Waals surface area contributed by atoms with Gasteiger partial charge in [-0.1, -0.05) is 0 Å². The van der Waals surface area contributed by atoms with Crippen LogP contribution < -0.4 is 5.32 Å². The van der Waals surface area contributed by atoms with Gasteiger partial charge in [0.15, 0.2) is 0 Å². The summed E-state index contributed by atoms with van der Waals surface area (Å²) in [4.78, 5) is 16.9. The van der Waals surface area contributed by atoms with Crippen LogP contribution in [-0.4, -0.2) is 9.91 Å². The van der Waals surface area contributed by atoms with Gasteiger partial charge in [0.2, 0.25) is 0 Å². The molecule has 5 nitrogen and oxygen atoms in total. The first kappa shape index (κ1) is 12.1. The fourth-order valence-corrected chi connectivity index (χ4v) is 3.54. The van der Waals surface area contributed by atoms with E-state index in [1.807, 2.05) is 0 Å². The molecule has 0 aromatic carbocycles. The number of aromatic nitrogens is 1. The number of nitrogens with one attached hydrogen (secondary N) is 1. The van der Waals surface area contributed by atoms with Crippen molar-refractivity contribution in [2.75, 3.05) is 5.32 Å². The smallest absolute Gasteiger partial charge is 0.373 e. The third-order valence-corrected chi connectivity index (χ3v) is 4.45. The second-order valence-electron chi connectivity index (χ2n) is 4.50. The van der Waals surface area contributed by atoms with E-state index in [9.17, 15) is 10.1 Å². The summed E-state index contributed by atoms with van der Waals surface area (Å²) in [5.41, 5.74) is 1.92. The molecule has 0 spiro atoms. The van der Waals surface area contributed by atoms with Gasteiger partial charge in [0, 0.05) is 16.3 Å². The summed E-state index contributed by atoms with van der Waals surface area (Å²) in [5, 5.41) is 14.0. The molecule has 2 heterocycles. The molecule has 0 saturated heterocycles. The van der Waals surface area contributed by atoms with Crippen molar-refractivity contribution in [1.29, 1.82) is 0 Å². The number of thiophene rings is 1. The Labute approximate surface area is 114 Å². The molecule has 0 amide bonds. The highest BCUT2D eigenvalue weighted by Crippen LogP contribution is 2.31.